The Labute approximate surface area is 114 Å². The fraction of sp³-hybridized carbons (Fsp3) is 0.308. The third-order valence-corrected chi connectivity index (χ3v) is 4.15. The molecular weight excluding hydrogens is 262 g/mol. The summed E-state index contributed by atoms with van der Waals surface area (Å²) in [7, 11) is 0. The zero-order valence-corrected chi connectivity index (χ0v) is 11.3. The summed E-state index contributed by atoms with van der Waals surface area (Å²) in [5.74, 6) is -0.883. The van der Waals surface area contributed by atoms with Crippen molar-refractivity contribution in [2.75, 3.05) is 11.4 Å². The Bertz CT molecular complexity index is 639. The van der Waals surface area contributed by atoms with Gasteiger partial charge in [-0.1, -0.05) is 17.4 Å². The molecule has 1 aromatic carbocycles. The van der Waals surface area contributed by atoms with Crippen LogP contribution in [-0.4, -0.2) is 27.8 Å². The van der Waals surface area contributed by atoms with E-state index in [9.17, 15) is 4.79 Å². The Morgan fingerprint density at radius 2 is 2.21 bits per heavy atom. The van der Waals surface area contributed by atoms with E-state index in [-0.39, 0.29) is 0 Å². The van der Waals surface area contributed by atoms with Gasteiger partial charge in [-0.15, -0.1) is 10.2 Å². The van der Waals surface area contributed by atoms with Gasteiger partial charge in [0.05, 0.1) is 5.56 Å². The molecule has 0 spiro atoms. The highest BCUT2D eigenvalue weighted by Crippen LogP contribution is 2.27. The SMILES string of the molecule is Cc1nnc(N2CCc3ccc(C(=O)O)cc3C2)s1. The van der Waals surface area contributed by atoms with Gasteiger partial charge >= 0.3 is 5.97 Å². The molecule has 98 valence electrons. The maximum Gasteiger partial charge on any atom is 0.335 e. The van der Waals surface area contributed by atoms with Crippen LogP contribution in [0.1, 0.15) is 26.5 Å². The fourth-order valence-corrected chi connectivity index (χ4v) is 2.98. The average Bonchev–Trinajstić information content (AvgIpc) is 2.84. The van der Waals surface area contributed by atoms with E-state index in [1.54, 1.807) is 23.5 Å². The first-order chi connectivity index (χ1) is 9.13. The number of anilines is 1. The third kappa shape index (κ3) is 2.31. The Balaban J connectivity index is 1.90. The van der Waals surface area contributed by atoms with Crippen LogP contribution in [0, 0.1) is 6.92 Å². The van der Waals surface area contributed by atoms with Crippen molar-refractivity contribution in [3.8, 4) is 0 Å². The van der Waals surface area contributed by atoms with Crippen LogP contribution >= 0.6 is 11.3 Å². The summed E-state index contributed by atoms with van der Waals surface area (Å²) in [4.78, 5) is 13.2. The van der Waals surface area contributed by atoms with Crippen molar-refractivity contribution in [1.29, 1.82) is 0 Å². The number of hydrogen-bond donors (Lipinski definition) is 1. The Hall–Kier alpha value is -1.95. The van der Waals surface area contributed by atoms with E-state index in [1.165, 1.54) is 5.56 Å². The van der Waals surface area contributed by atoms with Crippen LogP contribution in [0.5, 0.6) is 0 Å². The molecule has 3 rings (SSSR count). The van der Waals surface area contributed by atoms with E-state index in [2.05, 4.69) is 15.1 Å². The average molecular weight is 275 g/mol. The molecule has 1 aromatic heterocycles. The molecule has 0 unspecified atom stereocenters. The number of aromatic carboxylic acids is 1. The van der Waals surface area contributed by atoms with Crippen LogP contribution in [0.15, 0.2) is 18.2 Å². The minimum absolute atomic E-state index is 0.342. The number of nitrogens with zero attached hydrogens (tertiary/aromatic N) is 3. The first kappa shape index (κ1) is 12.1. The molecule has 0 fully saturated rings. The van der Waals surface area contributed by atoms with Gasteiger partial charge in [-0.2, -0.15) is 0 Å². The van der Waals surface area contributed by atoms with Crippen LogP contribution in [-0.2, 0) is 13.0 Å². The lowest BCUT2D eigenvalue weighted by atomic mass is 9.98. The van der Waals surface area contributed by atoms with Gasteiger partial charge < -0.3 is 10.0 Å². The summed E-state index contributed by atoms with van der Waals surface area (Å²) in [6.07, 6.45) is 0.911. The normalized spacial score (nSPS) is 14.3. The van der Waals surface area contributed by atoms with Crippen molar-refractivity contribution in [3.05, 3.63) is 39.9 Å². The van der Waals surface area contributed by atoms with Crippen molar-refractivity contribution < 1.29 is 9.90 Å². The number of aromatic nitrogens is 2. The molecule has 0 amide bonds. The molecule has 0 saturated carbocycles. The zero-order chi connectivity index (χ0) is 13.4. The minimum Gasteiger partial charge on any atom is -0.478 e. The highest BCUT2D eigenvalue weighted by Gasteiger charge is 2.20. The second kappa shape index (κ2) is 4.62. The van der Waals surface area contributed by atoms with E-state index >= 15 is 0 Å². The molecule has 0 saturated heterocycles. The number of carboxylic acid groups (broad SMARTS) is 1. The molecular formula is C13H13N3O2S. The molecule has 6 heteroatoms. The Morgan fingerprint density at radius 1 is 1.37 bits per heavy atom. The number of fused-ring (bicyclic) bond motifs is 1. The summed E-state index contributed by atoms with van der Waals surface area (Å²) in [6, 6.07) is 5.35. The summed E-state index contributed by atoms with van der Waals surface area (Å²) < 4.78 is 0. The number of carbonyl (C=O) groups is 1. The van der Waals surface area contributed by atoms with Gasteiger partial charge in [-0.05, 0) is 36.6 Å². The highest BCUT2D eigenvalue weighted by molar-refractivity contribution is 7.15. The fourth-order valence-electron chi connectivity index (χ4n) is 2.27. The van der Waals surface area contributed by atoms with Gasteiger partial charge in [0, 0.05) is 13.1 Å². The van der Waals surface area contributed by atoms with Crippen LogP contribution in [0.3, 0.4) is 0 Å². The summed E-state index contributed by atoms with van der Waals surface area (Å²) in [5.41, 5.74) is 2.63. The molecule has 19 heavy (non-hydrogen) atoms. The standard InChI is InChI=1S/C13H13N3O2S/c1-8-14-15-13(19-8)16-5-4-9-2-3-10(12(17)18)6-11(9)7-16/h2-3,6H,4-5,7H2,1H3,(H,17,18). The third-order valence-electron chi connectivity index (χ3n) is 3.25. The van der Waals surface area contributed by atoms with E-state index in [4.69, 9.17) is 5.11 Å². The van der Waals surface area contributed by atoms with E-state index in [0.29, 0.717) is 12.1 Å². The molecule has 0 bridgehead atoms. The van der Waals surface area contributed by atoms with Gasteiger partial charge in [0.15, 0.2) is 0 Å². The lowest BCUT2D eigenvalue weighted by molar-refractivity contribution is 0.0696. The topological polar surface area (TPSA) is 66.3 Å². The molecule has 0 radical (unpaired) electrons. The molecule has 1 aliphatic rings. The summed E-state index contributed by atoms with van der Waals surface area (Å²) in [6.45, 7) is 3.53. The molecule has 5 nitrogen and oxygen atoms in total. The predicted molar refractivity (Wildman–Crippen MR) is 72.8 cm³/mol. The van der Waals surface area contributed by atoms with Gasteiger partial charge in [0.2, 0.25) is 5.13 Å². The predicted octanol–water partition coefficient (Wildman–Crippen LogP) is 2.11. The molecule has 2 heterocycles. The van der Waals surface area contributed by atoms with Gasteiger partial charge in [0.1, 0.15) is 5.01 Å². The van der Waals surface area contributed by atoms with Crippen molar-refractivity contribution >= 4 is 22.4 Å². The molecule has 0 atom stereocenters. The van der Waals surface area contributed by atoms with E-state index in [1.807, 2.05) is 13.0 Å². The molecule has 2 aromatic rings. The summed E-state index contributed by atoms with van der Waals surface area (Å²) in [5, 5.41) is 19.1. The molecule has 1 aliphatic heterocycles. The second-order valence-corrected chi connectivity index (χ2v) is 5.72. The van der Waals surface area contributed by atoms with Crippen molar-refractivity contribution in [2.45, 2.75) is 19.9 Å². The lowest BCUT2D eigenvalue weighted by Gasteiger charge is -2.28. The molecule has 0 aliphatic carbocycles. The van der Waals surface area contributed by atoms with Gasteiger partial charge in [-0.3, -0.25) is 0 Å². The number of rotatable bonds is 2. The number of benzene rings is 1. The number of aryl methyl sites for hydroxylation is 1. The Kier molecular flexibility index (Phi) is 2.94. The quantitative estimate of drug-likeness (QED) is 0.909. The first-order valence-corrected chi connectivity index (χ1v) is 6.85. The van der Waals surface area contributed by atoms with Crippen molar-refractivity contribution in [1.82, 2.24) is 10.2 Å². The van der Waals surface area contributed by atoms with Crippen LogP contribution < -0.4 is 4.90 Å². The van der Waals surface area contributed by atoms with Gasteiger partial charge in [-0.25, -0.2) is 4.79 Å². The second-order valence-electron chi connectivity index (χ2n) is 4.56. The zero-order valence-electron chi connectivity index (χ0n) is 10.5. The van der Waals surface area contributed by atoms with E-state index in [0.717, 1.165) is 28.7 Å². The maximum atomic E-state index is 11.0. The monoisotopic (exact) mass is 275 g/mol. The van der Waals surface area contributed by atoms with Crippen molar-refractivity contribution in [3.63, 3.8) is 0 Å². The van der Waals surface area contributed by atoms with Crippen molar-refractivity contribution in [2.24, 2.45) is 0 Å². The van der Waals surface area contributed by atoms with Gasteiger partial charge in [0.25, 0.3) is 0 Å². The largest absolute Gasteiger partial charge is 0.478 e. The maximum absolute atomic E-state index is 11.0. The number of hydrogen-bond acceptors (Lipinski definition) is 5. The highest BCUT2D eigenvalue weighted by atomic mass is 32.1. The summed E-state index contributed by atoms with van der Waals surface area (Å²) >= 11 is 1.57. The smallest absolute Gasteiger partial charge is 0.335 e. The molecule has 1 N–H and O–H groups in total. The first-order valence-electron chi connectivity index (χ1n) is 6.03. The lowest BCUT2D eigenvalue weighted by Crippen LogP contribution is -2.30. The minimum atomic E-state index is -0.883. The number of carboxylic acids is 1. The van der Waals surface area contributed by atoms with Crippen LogP contribution in [0.4, 0.5) is 5.13 Å². The van der Waals surface area contributed by atoms with Crippen LogP contribution in [0.25, 0.3) is 0 Å². The Morgan fingerprint density at radius 3 is 2.89 bits per heavy atom. The van der Waals surface area contributed by atoms with Crippen LogP contribution in [0.2, 0.25) is 0 Å². The van der Waals surface area contributed by atoms with E-state index < -0.39 is 5.97 Å².